The van der Waals surface area contributed by atoms with E-state index in [9.17, 15) is 13.0 Å². The zero-order chi connectivity index (χ0) is 18.1. The maximum atomic E-state index is 11.3. The molecule has 0 aromatic rings. The SMILES string of the molecule is CCCCCCCCCCCCCC(CCCCCO)S(=O)(=O)[O-].[K+]. The van der Waals surface area contributed by atoms with Crippen LogP contribution in [0.1, 0.15) is 110 Å². The van der Waals surface area contributed by atoms with Crippen LogP contribution < -0.4 is 51.4 Å². The van der Waals surface area contributed by atoms with Gasteiger partial charge in [-0.05, 0) is 19.3 Å². The number of unbranched alkanes of at least 4 members (excludes halogenated alkanes) is 12. The van der Waals surface area contributed by atoms with E-state index < -0.39 is 15.4 Å². The van der Waals surface area contributed by atoms with Gasteiger partial charge in [0.2, 0.25) is 0 Å². The second-order valence-electron chi connectivity index (χ2n) is 7.01. The van der Waals surface area contributed by atoms with Crippen molar-refractivity contribution in [3.8, 4) is 0 Å². The smallest absolute Gasteiger partial charge is 0.748 e. The monoisotopic (exact) mass is 402 g/mol. The Morgan fingerprint density at radius 3 is 1.44 bits per heavy atom. The van der Waals surface area contributed by atoms with Gasteiger partial charge in [-0.3, -0.25) is 0 Å². The van der Waals surface area contributed by atoms with Crippen LogP contribution in [0.25, 0.3) is 0 Å². The third kappa shape index (κ3) is 20.1. The molecule has 1 unspecified atom stereocenters. The second-order valence-corrected chi connectivity index (χ2v) is 8.66. The van der Waals surface area contributed by atoms with Crippen LogP contribution >= 0.6 is 0 Å². The molecule has 6 heteroatoms. The van der Waals surface area contributed by atoms with Crippen molar-refractivity contribution in [1.82, 2.24) is 0 Å². The maximum absolute atomic E-state index is 11.3. The quantitative estimate of drug-likeness (QED) is 0.216. The maximum Gasteiger partial charge on any atom is 1.00 e. The summed E-state index contributed by atoms with van der Waals surface area (Å²) in [5.41, 5.74) is 0. The van der Waals surface area contributed by atoms with Crippen LogP contribution in [0, 0.1) is 0 Å². The van der Waals surface area contributed by atoms with Crippen molar-refractivity contribution in [2.24, 2.45) is 0 Å². The van der Waals surface area contributed by atoms with E-state index in [1.807, 2.05) is 0 Å². The molecule has 0 aliphatic rings. The fourth-order valence-corrected chi connectivity index (χ4v) is 4.04. The molecule has 0 bridgehead atoms. The zero-order valence-electron chi connectivity index (χ0n) is 16.7. The van der Waals surface area contributed by atoms with Crippen LogP contribution in [0.2, 0.25) is 0 Å². The number of hydrogen-bond donors (Lipinski definition) is 1. The summed E-state index contributed by atoms with van der Waals surface area (Å²) in [4.78, 5) is 0. The van der Waals surface area contributed by atoms with Gasteiger partial charge in [0.25, 0.3) is 0 Å². The van der Waals surface area contributed by atoms with Gasteiger partial charge in [-0.25, -0.2) is 8.42 Å². The van der Waals surface area contributed by atoms with E-state index in [0.29, 0.717) is 25.7 Å². The van der Waals surface area contributed by atoms with Gasteiger partial charge in [0.15, 0.2) is 0 Å². The van der Waals surface area contributed by atoms with E-state index in [-0.39, 0.29) is 58.0 Å². The molecule has 0 aliphatic carbocycles. The molecule has 1 N–H and O–H groups in total. The average Bonchev–Trinajstić information content (AvgIpc) is 2.53. The fraction of sp³-hybridized carbons (Fsp3) is 1.00. The number of aliphatic hydroxyl groups is 1. The summed E-state index contributed by atoms with van der Waals surface area (Å²) in [6.07, 6.45) is 16.7. The Hall–Kier alpha value is 1.51. The molecule has 0 aromatic heterocycles. The van der Waals surface area contributed by atoms with Gasteiger partial charge in [-0.2, -0.15) is 0 Å². The minimum absolute atomic E-state index is 0. The summed E-state index contributed by atoms with van der Waals surface area (Å²) in [6, 6.07) is 0. The first-order valence-electron chi connectivity index (χ1n) is 10.1. The normalized spacial score (nSPS) is 12.8. The Morgan fingerprint density at radius 1 is 0.720 bits per heavy atom. The van der Waals surface area contributed by atoms with Crippen LogP contribution in [-0.4, -0.2) is 29.9 Å². The average molecular weight is 403 g/mol. The molecule has 0 saturated heterocycles. The van der Waals surface area contributed by atoms with E-state index in [2.05, 4.69) is 6.92 Å². The molecular formula is C19H39KO4S. The first kappa shape index (κ1) is 28.7. The van der Waals surface area contributed by atoms with Gasteiger partial charge < -0.3 is 9.66 Å². The van der Waals surface area contributed by atoms with Gasteiger partial charge >= 0.3 is 51.4 Å². The van der Waals surface area contributed by atoms with E-state index in [0.717, 1.165) is 25.7 Å². The van der Waals surface area contributed by atoms with Crippen molar-refractivity contribution in [2.75, 3.05) is 6.61 Å². The molecule has 0 heterocycles. The zero-order valence-corrected chi connectivity index (χ0v) is 20.6. The van der Waals surface area contributed by atoms with Crippen LogP contribution in [-0.2, 0) is 10.1 Å². The van der Waals surface area contributed by atoms with E-state index in [1.165, 1.54) is 51.4 Å². The van der Waals surface area contributed by atoms with Gasteiger partial charge in [0, 0.05) is 11.9 Å². The van der Waals surface area contributed by atoms with Crippen molar-refractivity contribution in [2.45, 2.75) is 115 Å². The van der Waals surface area contributed by atoms with Gasteiger partial charge in [0.05, 0.1) is 10.1 Å². The van der Waals surface area contributed by atoms with E-state index in [1.54, 1.807) is 0 Å². The molecule has 0 fully saturated rings. The Balaban J connectivity index is 0. The predicted octanol–water partition coefficient (Wildman–Crippen LogP) is 2.16. The van der Waals surface area contributed by atoms with Crippen LogP contribution in [0.4, 0.5) is 0 Å². The second kappa shape index (κ2) is 20.2. The third-order valence-electron chi connectivity index (χ3n) is 4.72. The Kier molecular flexibility index (Phi) is 23.3. The van der Waals surface area contributed by atoms with Gasteiger partial charge in [-0.15, -0.1) is 0 Å². The molecule has 4 nitrogen and oxygen atoms in total. The first-order valence-corrected chi connectivity index (χ1v) is 11.5. The van der Waals surface area contributed by atoms with E-state index >= 15 is 0 Å². The molecule has 0 radical (unpaired) electrons. The van der Waals surface area contributed by atoms with Crippen molar-refractivity contribution in [3.05, 3.63) is 0 Å². The molecule has 0 amide bonds. The summed E-state index contributed by atoms with van der Waals surface area (Å²) >= 11 is 0. The summed E-state index contributed by atoms with van der Waals surface area (Å²) < 4.78 is 33.9. The molecule has 0 aliphatic heterocycles. The van der Waals surface area contributed by atoms with Crippen molar-refractivity contribution >= 4 is 10.1 Å². The third-order valence-corrected chi connectivity index (χ3v) is 6.01. The summed E-state index contributed by atoms with van der Waals surface area (Å²) in [6.45, 7) is 2.37. The Labute approximate surface area is 199 Å². The standard InChI is InChI=1S/C19H40O4S.K/c1-2-3-4-5-6-7-8-9-10-11-13-16-19(24(21,22)23)17-14-12-15-18-20;/h19-20H,2-18H2,1H3,(H,21,22,23);/q;+1/p-1. The summed E-state index contributed by atoms with van der Waals surface area (Å²) in [7, 11) is -4.18. The first-order chi connectivity index (χ1) is 11.5. The van der Waals surface area contributed by atoms with Gasteiger partial charge in [-0.1, -0.05) is 90.4 Å². The van der Waals surface area contributed by atoms with Crippen molar-refractivity contribution in [3.63, 3.8) is 0 Å². The van der Waals surface area contributed by atoms with Crippen LogP contribution in [0.5, 0.6) is 0 Å². The summed E-state index contributed by atoms with van der Waals surface area (Å²) in [5, 5.41) is 8.00. The number of aliphatic hydroxyl groups excluding tert-OH is 1. The van der Waals surface area contributed by atoms with Crippen molar-refractivity contribution < 1.29 is 69.5 Å². The topological polar surface area (TPSA) is 77.4 Å². The predicted molar refractivity (Wildman–Crippen MR) is 100 cm³/mol. The van der Waals surface area contributed by atoms with Crippen LogP contribution in [0.3, 0.4) is 0 Å². The van der Waals surface area contributed by atoms with Gasteiger partial charge in [0.1, 0.15) is 0 Å². The molecule has 0 aromatic carbocycles. The largest absolute Gasteiger partial charge is 1.00 e. The molecule has 1 atom stereocenters. The van der Waals surface area contributed by atoms with Crippen LogP contribution in [0.15, 0.2) is 0 Å². The minimum Gasteiger partial charge on any atom is -0.748 e. The number of hydrogen-bond acceptors (Lipinski definition) is 4. The number of rotatable bonds is 18. The molecule has 0 rings (SSSR count). The summed E-state index contributed by atoms with van der Waals surface area (Å²) in [5.74, 6) is 0. The molecule has 0 saturated carbocycles. The minimum atomic E-state index is -4.18. The molecular weight excluding hydrogens is 363 g/mol. The molecule has 25 heavy (non-hydrogen) atoms. The molecule has 146 valence electrons. The van der Waals surface area contributed by atoms with E-state index in [4.69, 9.17) is 5.11 Å². The molecule has 0 spiro atoms. The Bertz CT molecular complexity index is 360. The van der Waals surface area contributed by atoms with Crippen molar-refractivity contribution in [1.29, 1.82) is 0 Å². The Morgan fingerprint density at radius 2 is 1.08 bits per heavy atom. The fourth-order valence-electron chi connectivity index (χ4n) is 3.13.